The highest BCUT2D eigenvalue weighted by Crippen LogP contribution is 2.14. The van der Waals surface area contributed by atoms with Crippen LogP contribution in [0.1, 0.15) is 17.4 Å². The number of carboxylic acid groups (broad SMARTS) is 1. The maximum atomic E-state index is 12.2. The van der Waals surface area contributed by atoms with Crippen molar-refractivity contribution in [1.82, 2.24) is 19.1 Å². The lowest BCUT2D eigenvalue weighted by molar-refractivity contribution is 0.0686. The second kappa shape index (κ2) is 5.70. The van der Waals surface area contributed by atoms with Gasteiger partial charge in [-0.15, -0.1) is 0 Å². The molecule has 21 heavy (non-hydrogen) atoms. The van der Waals surface area contributed by atoms with Crippen molar-refractivity contribution in [2.75, 3.05) is 0 Å². The molecule has 0 aliphatic heterocycles. The summed E-state index contributed by atoms with van der Waals surface area (Å²) in [6.07, 6.45) is 4.61. The van der Waals surface area contributed by atoms with Crippen molar-refractivity contribution in [2.24, 2.45) is 7.05 Å². The van der Waals surface area contributed by atoms with Crippen LogP contribution in [0.2, 0.25) is 0 Å². The normalized spacial score (nSPS) is 13.2. The molecule has 0 bridgehead atoms. The summed E-state index contributed by atoms with van der Waals surface area (Å²) in [5.74, 6) is -1.18. The van der Waals surface area contributed by atoms with Crippen LogP contribution >= 0.6 is 0 Å². The lowest BCUT2D eigenvalue weighted by Gasteiger charge is -2.13. The average Bonchev–Trinajstić information content (AvgIpc) is 2.97. The molecule has 0 aromatic carbocycles. The van der Waals surface area contributed by atoms with Crippen molar-refractivity contribution in [2.45, 2.75) is 24.4 Å². The van der Waals surface area contributed by atoms with Gasteiger partial charge in [0.05, 0.1) is 6.54 Å². The zero-order valence-electron chi connectivity index (χ0n) is 11.6. The first-order chi connectivity index (χ1) is 9.79. The molecular formula is C12H16N4O4S. The van der Waals surface area contributed by atoms with Gasteiger partial charge in [-0.05, 0) is 19.1 Å². The Hall–Kier alpha value is -2.13. The largest absolute Gasteiger partial charge is 0.477 e. The summed E-state index contributed by atoms with van der Waals surface area (Å²) in [5, 5.41) is 13.0. The molecule has 114 valence electrons. The molecule has 0 fully saturated rings. The number of aromatic nitrogens is 3. The van der Waals surface area contributed by atoms with E-state index in [9.17, 15) is 13.2 Å². The maximum absolute atomic E-state index is 12.2. The quantitative estimate of drug-likeness (QED) is 0.797. The minimum absolute atomic E-state index is 0.0743. The summed E-state index contributed by atoms with van der Waals surface area (Å²) >= 11 is 0. The molecular weight excluding hydrogens is 296 g/mol. The number of carboxylic acids is 1. The first-order valence-electron chi connectivity index (χ1n) is 6.19. The van der Waals surface area contributed by atoms with Gasteiger partial charge in [-0.3, -0.25) is 4.68 Å². The molecule has 0 amide bonds. The van der Waals surface area contributed by atoms with Crippen molar-refractivity contribution >= 4 is 16.0 Å². The molecule has 0 saturated carbocycles. The molecule has 9 heteroatoms. The van der Waals surface area contributed by atoms with E-state index in [0.717, 1.165) is 6.07 Å². The van der Waals surface area contributed by atoms with Crippen LogP contribution < -0.4 is 4.72 Å². The van der Waals surface area contributed by atoms with Gasteiger partial charge >= 0.3 is 5.97 Å². The number of nitrogens with zero attached hydrogens (tertiary/aromatic N) is 3. The molecule has 2 heterocycles. The first-order valence-corrected chi connectivity index (χ1v) is 7.67. The van der Waals surface area contributed by atoms with E-state index in [2.05, 4.69) is 9.82 Å². The van der Waals surface area contributed by atoms with Gasteiger partial charge in [0.2, 0.25) is 10.0 Å². The molecule has 1 atom stereocenters. The summed E-state index contributed by atoms with van der Waals surface area (Å²) in [5.41, 5.74) is -0.0879. The smallest absolute Gasteiger partial charge is 0.352 e. The molecule has 2 aromatic rings. The number of hydrogen-bond donors (Lipinski definition) is 2. The zero-order chi connectivity index (χ0) is 15.6. The second-order valence-electron chi connectivity index (χ2n) is 4.73. The number of carbonyl (C=O) groups is 1. The molecule has 0 aliphatic carbocycles. The SMILES string of the molecule is CC(Cn1cccn1)NS(=O)(=O)c1cc(C(=O)O)n(C)c1. The Kier molecular flexibility index (Phi) is 4.14. The lowest BCUT2D eigenvalue weighted by atomic mass is 10.4. The van der Waals surface area contributed by atoms with Gasteiger partial charge in [0.15, 0.2) is 0 Å². The third-order valence-electron chi connectivity index (χ3n) is 2.89. The monoisotopic (exact) mass is 312 g/mol. The summed E-state index contributed by atoms with van der Waals surface area (Å²) < 4.78 is 29.8. The Morgan fingerprint density at radius 1 is 1.52 bits per heavy atom. The van der Waals surface area contributed by atoms with Crippen LogP contribution in [-0.4, -0.2) is 39.9 Å². The second-order valence-corrected chi connectivity index (χ2v) is 6.44. The van der Waals surface area contributed by atoms with E-state index in [1.165, 1.54) is 17.8 Å². The van der Waals surface area contributed by atoms with Gasteiger partial charge in [-0.1, -0.05) is 0 Å². The Labute approximate surface area is 122 Å². The standard InChI is InChI=1S/C12H16N4O4S/c1-9(7-16-5-3-4-13-16)14-21(19,20)10-6-11(12(17)18)15(2)8-10/h3-6,8-9,14H,7H2,1-2H3,(H,17,18). The van der Waals surface area contributed by atoms with Gasteiger partial charge in [0, 0.05) is 31.7 Å². The van der Waals surface area contributed by atoms with E-state index in [0.29, 0.717) is 6.54 Å². The third kappa shape index (κ3) is 3.50. The Balaban J connectivity index is 2.14. The van der Waals surface area contributed by atoms with Gasteiger partial charge in [-0.2, -0.15) is 5.10 Å². The fourth-order valence-electron chi connectivity index (χ4n) is 1.95. The van der Waals surface area contributed by atoms with Crippen molar-refractivity contribution in [3.05, 3.63) is 36.4 Å². The van der Waals surface area contributed by atoms with Crippen molar-refractivity contribution in [3.8, 4) is 0 Å². The highest BCUT2D eigenvalue weighted by atomic mass is 32.2. The van der Waals surface area contributed by atoms with Crippen LogP contribution in [-0.2, 0) is 23.6 Å². The molecule has 0 aliphatic rings. The number of rotatable bonds is 6. The molecule has 1 unspecified atom stereocenters. The van der Waals surface area contributed by atoms with E-state index < -0.39 is 16.0 Å². The molecule has 2 N–H and O–H groups in total. The number of nitrogens with one attached hydrogen (secondary N) is 1. The van der Waals surface area contributed by atoms with Crippen molar-refractivity contribution < 1.29 is 18.3 Å². The highest BCUT2D eigenvalue weighted by molar-refractivity contribution is 7.89. The summed E-state index contributed by atoms with van der Waals surface area (Å²) in [7, 11) is -2.29. The number of aromatic carboxylic acids is 1. The van der Waals surface area contributed by atoms with E-state index >= 15 is 0 Å². The summed E-state index contributed by atoms with van der Waals surface area (Å²) in [4.78, 5) is 10.9. The molecule has 0 spiro atoms. The molecule has 2 aromatic heterocycles. The minimum atomic E-state index is -3.77. The first kappa shape index (κ1) is 15.3. The maximum Gasteiger partial charge on any atom is 0.352 e. The van der Waals surface area contributed by atoms with Gasteiger partial charge < -0.3 is 9.67 Å². The van der Waals surface area contributed by atoms with Crippen LogP contribution in [0.25, 0.3) is 0 Å². The molecule has 0 radical (unpaired) electrons. The van der Waals surface area contributed by atoms with Gasteiger partial charge in [0.25, 0.3) is 0 Å². The highest BCUT2D eigenvalue weighted by Gasteiger charge is 2.22. The number of hydrogen-bond acceptors (Lipinski definition) is 4. The molecule has 0 saturated heterocycles. The average molecular weight is 312 g/mol. The van der Waals surface area contributed by atoms with Crippen molar-refractivity contribution in [3.63, 3.8) is 0 Å². The summed E-state index contributed by atoms with van der Waals surface area (Å²) in [6.45, 7) is 2.09. The Morgan fingerprint density at radius 3 is 2.76 bits per heavy atom. The van der Waals surface area contributed by atoms with Crippen LogP contribution in [0.3, 0.4) is 0 Å². The lowest BCUT2D eigenvalue weighted by Crippen LogP contribution is -2.35. The molecule has 8 nitrogen and oxygen atoms in total. The molecule has 2 rings (SSSR count). The van der Waals surface area contributed by atoms with Crippen LogP contribution in [0.15, 0.2) is 35.6 Å². The fourth-order valence-corrected chi connectivity index (χ4v) is 3.26. The number of aryl methyl sites for hydroxylation is 1. The van der Waals surface area contributed by atoms with Gasteiger partial charge in [0.1, 0.15) is 10.6 Å². The van der Waals surface area contributed by atoms with Crippen LogP contribution in [0, 0.1) is 0 Å². The Morgan fingerprint density at radius 2 is 2.24 bits per heavy atom. The minimum Gasteiger partial charge on any atom is -0.477 e. The predicted octanol–water partition coefficient (Wildman–Crippen LogP) is 0.287. The fraction of sp³-hybridized carbons (Fsp3) is 0.333. The van der Waals surface area contributed by atoms with Gasteiger partial charge in [-0.25, -0.2) is 17.9 Å². The van der Waals surface area contributed by atoms with Crippen molar-refractivity contribution in [1.29, 1.82) is 0 Å². The van der Waals surface area contributed by atoms with Crippen LogP contribution in [0.4, 0.5) is 0 Å². The summed E-state index contributed by atoms with van der Waals surface area (Å²) in [6, 6.07) is 2.49. The van der Waals surface area contributed by atoms with E-state index in [4.69, 9.17) is 5.11 Å². The van der Waals surface area contributed by atoms with Crippen LogP contribution in [0.5, 0.6) is 0 Å². The number of sulfonamides is 1. The van der Waals surface area contributed by atoms with E-state index in [-0.39, 0.29) is 16.6 Å². The van der Waals surface area contributed by atoms with E-state index in [1.807, 2.05) is 0 Å². The predicted molar refractivity (Wildman–Crippen MR) is 74.4 cm³/mol. The zero-order valence-corrected chi connectivity index (χ0v) is 12.4. The Bertz CT molecular complexity index is 733. The topological polar surface area (TPSA) is 106 Å². The van der Waals surface area contributed by atoms with E-state index in [1.54, 1.807) is 30.1 Å². The third-order valence-corrected chi connectivity index (χ3v) is 4.44.